The summed E-state index contributed by atoms with van der Waals surface area (Å²) in [5.74, 6) is 2.52. The number of benzene rings is 4. The van der Waals surface area contributed by atoms with Crippen LogP contribution in [-0.2, 0) is 6.42 Å². The van der Waals surface area contributed by atoms with Crippen LogP contribution >= 0.6 is 0 Å². The van der Waals surface area contributed by atoms with Crippen LogP contribution in [0.5, 0.6) is 11.6 Å². The molecule has 0 aliphatic heterocycles. The lowest BCUT2D eigenvalue weighted by Gasteiger charge is -2.14. The molecule has 0 aliphatic rings. The first-order chi connectivity index (χ1) is 23.1. The van der Waals surface area contributed by atoms with Crippen molar-refractivity contribution < 1.29 is 14.1 Å². The smallest absolute Gasteiger partial charge is 0.324 e. The molecule has 0 fully saturated rings. The maximum absolute atomic E-state index is 13.4. The Kier molecular flexibility index (Phi) is 7.85. The van der Waals surface area contributed by atoms with Gasteiger partial charge in [0.15, 0.2) is 11.4 Å². The predicted octanol–water partition coefficient (Wildman–Crippen LogP) is 7.42. The zero-order chi connectivity index (χ0) is 33.4. The van der Waals surface area contributed by atoms with Gasteiger partial charge < -0.3 is 20.3 Å². The molecule has 2 amide bonds. The molecule has 4 N–H and O–H groups in total. The summed E-state index contributed by atoms with van der Waals surface area (Å²) in [6.45, 7) is 8.73. The average Bonchev–Trinajstić information content (AvgIpc) is 3.66. The Balaban J connectivity index is 1.11. The Morgan fingerprint density at radius 3 is 2.50 bits per heavy atom. The number of nitrogens with two attached hydrogens (primary N) is 1. The van der Waals surface area contributed by atoms with Gasteiger partial charge in [-0.15, -0.1) is 0 Å². The van der Waals surface area contributed by atoms with Gasteiger partial charge in [0.25, 0.3) is 0 Å². The second-order valence-corrected chi connectivity index (χ2v) is 17.6. The van der Waals surface area contributed by atoms with E-state index in [2.05, 4.69) is 45.4 Å². The van der Waals surface area contributed by atoms with E-state index in [1.807, 2.05) is 91.9 Å². The first kappa shape index (κ1) is 30.6. The fourth-order valence-electron chi connectivity index (χ4n) is 5.39. The number of carbonyl (C=O) groups is 1. The number of nitrogens with zero attached hydrogens (tertiary/aromatic N) is 5. The van der Waals surface area contributed by atoms with E-state index >= 15 is 0 Å². The van der Waals surface area contributed by atoms with Crippen molar-refractivity contribution in [1.82, 2.24) is 24.9 Å². The zero-order valence-corrected chi connectivity index (χ0v) is 28.0. The van der Waals surface area contributed by atoms with E-state index in [0.717, 1.165) is 38.3 Å². The highest BCUT2D eigenvalue weighted by atomic mass is 28.3. The molecule has 0 saturated heterocycles. The van der Waals surface area contributed by atoms with Crippen LogP contribution in [0.1, 0.15) is 17.0 Å². The molecule has 240 valence electrons. The number of nitrogen functional groups attached to an aromatic ring is 1. The Bertz CT molecular complexity index is 2290. The lowest BCUT2D eigenvalue weighted by atomic mass is 10.1. The van der Waals surface area contributed by atoms with E-state index in [1.54, 1.807) is 16.9 Å². The van der Waals surface area contributed by atoms with Gasteiger partial charge in [0.05, 0.1) is 16.8 Å². The van der Waals surface area contributed by atoms with E-state index in [4.69, 9.17) is 20.1 Å². The third-order valence-corrected chi connectivity index (χ3v) is 9.73. The standard InChI is InChI=1S/C36H34N8O3Si/c1-22-9-12-24(13-10-22)44-32(21-34(42-44)48(2,3)4)41-36(45)39-28-14-16-29(26-8-6-5-7-25(26)28)46-33-17-18-38-31(40-33)20-23-11-15-30-27(19-23)35(37)43-47-30/h5-19,21H,20H2,1-4H3,(H2,37,43)(H2,39,41,45). The van der Waals surface area contributed by atoms with E-state index < -0.39 is 8.07 Å². The summed E-state index contributed by atoms with van der Waals surface area (Å²) in [6.07, 6.45) is 2.14. The minimum Gasteiger partial charge on any atom is -0.438 e. The van der Waals surface area contributed by atoms with Gasteiger partial charge in [-0.2, -0.15) is 10.1 Å². The zero-order valence-electron chi connectivity index (χ0n) is 27.0. The van der Waals surface area contributed by atoms with Crippen molar-refractivity contribution >= 4 is 58.5 Å². The third-order valence-electron chi connectivity index (χ3n) is 7.95. The highest BCUT2D eigenvalue weighted by molar-refractivity contribution is 6.88. The molecule has 0 aliphatic carbocycles. The number of carbonyl (C=O) groups excluding carboxylic acids is 1. The largest absolute Gasteiger partial charge is 0.438 e. The summed E-state index contributed by atoms with van der Waals surface area (Å²) in [7, 11) is -1.76. The van der Waals surface area contributed by atoms with Crippen LogP contribution in [0.3, 0.4) is 0 Å². The fraction of sp³-hybridized carbons (Fsp3) is 0.139. The van der Waals surface area contributed by atoms with E-state index in [0.29, 0.717) is 46.8 Å². The van der Waals surface area contributed by atoms with Gasteiger partial charge in [-0.1, -0.05) is 72.8 Å². The summed E-state index contributed by atoms with van der Waals surface area (Å²) in [6, 6.07) is 28.4. The highest BCUT2D eigenvalue weighted by Gasteiger charge is 2.24. The molecule has 0 bridgehead atoms. The predicted molar refractivity (Wildman–Crippen MR) is 191 cm³/mol. The van der Waals surface area contributed by atoms with Crippen LogP contribution in [0, 0.1) is 6.92 Å². The molecule has 4 aromatic carbocycles. The third kappa shape index (κ3) is 6.33. The molecule has 0 spiro atoms. The van der Waals surface area contributed by atoms with Crippen LogP contribution in [0.2, 0.25) is 19.6 Å². The van der Waals surface area contributed by atoms with Crippen LogP contribution in [-0.4, -0.2) is 39.0 Å². The fourth-order valence-corrected chi connectivity index (χ4v) is 6.36. The molecule has 0 radical (unpaired) electrons. The van der Waals surface area contributed by atoms with Crippen LogP contribution < -0.4 is 26.4 Å². The van der Waals surface area contributed by atoms with Gasteiger partial charge in [-0.05, 0) is 55.0 Å². The molecule has 7 rings (SSSR count). The van der Waals surface area contributed by atoms with Gasteiger partial charge in [-0.3, -0.25) is 5.32 Å². The van der Waals surface area contributed by atoms with Crippen molar-refractivity contribution in [2.75, 3.05) is 16.4 Å². The highest BCUT2D eigenvalue weighted by Crippen LogP contribution is 2.34. The summed E-state index contributed by atoms with van der Waals surface area (Å²) in [5, 5.41) is 18.1. The summed E-state index contributed by atoms with van der Waals surface area (Å²) in [5.41, 5.74) is 10.2. The van der Waals surface area contributed by atoms with Crippen molar-refractivity contribution in [3.05, 3.63) is 114 Å². The molecule has 7 aromatic rings. The second kappa shape index (κ2) is 12.3. The first-order valence-corrected chi connectivity index (χ1v) is 19.0. The first-order valence-electron chi connectivity index (χ1n) is 15.5. The molecular formula is C36H34N8O3Si. The minimum atomic E-state index is -1.76. The lowest BCUT2D eigenvalue weighted by Crippen LogP contribution is -2.39. The molecule has 48 heavy (non-hydrogen) atoms. The molecule has 3 heterocycles. The maximum atomic E-state index is 13.4. The molecule has 3 aromatic heterocycles. The second-order valence-electron chi connectivity index (χ2n) is 12.6. The maximum Gasteiger partial charge on any atom is 0.324 e. The number of amides is 2. The number of ether oxygens (including phenoxy) is 1. The Morgan fingerprint density at radius 1 is 0.917 bits per heavy atom. The summed E-state index contributed by atoms with van der Waals surface area (Å²) < 4.78 is 13.3. The van der Waals surface area contributed by atoms with Gasteiger partial charge in [-0.25, -0.2) is 14.5 Å². The molecule has 11 nitrogen and oxygen atoms in total. The van der Waals surface area contributed by atoms with E-state index in [1.165, 1.54) is 0 Å². The number of aromatic nitrogens is 5. The van der Waals surface area contributed by atoms with Gasteiger partial charge in [0.2, 0.25) is 5.88 Å². The Hall–Kier alpha value is -6.01. The number of anilines is 3. The van der Waals surface area contributed by atoms with E-state index in [-0.39, 0.29) is 6.03 Å². The van der Waals surface area contributed by atoms with Gasteiger partial charge in [0, 0.05) is 34.8 Å². The van der Waals surface area contributed by atoms with Crippen molar-refractivity contribution in [2.45, 2.75) is 33.0 Å². The summed E-state index contributed by atoms with van der Waals surface area (Å²) >= 11 is 0. The summed E-state index contributed by atoms with van der Waals surface area (Å²) in [4.78, 5) is 22.5. The lowest BCUT2D eigenvalue weighted by molar-refractivity contribution is 0.262. The number of hydrogen-bond acceptors (Lipinski definition) is 8. The topological polar surface area (TPSA) is 146 Å². The molecule has 0 atom stereocenters. The van der Waals surface area contributed by atoms with Crippen molar-refractivity contribution in [3.8, 4) is 17.3 Å². The van der Waals surface area contributed by atoms with Crippen molar-refractivity contribution in [2.24, 2.45) is 0 Å². The number of aryl methyl sites for hydroxylation is 1. The van der Waals surface area contributed by atoms with Crippen LogP contribution in [0.15, 0.2) is 102 Å². The monoisotopic (exact) mass is 654 g/mol. The number of hydrogen-bond donors (Lipinski definition) is 3. The number of fused-ring (bicyclic) bond motifs is 2. The molecule has 0 unspecified atom stereocenters. The van der Waals surface area contributed by atoms with E-state index in [9.17, 15) is 4.79 Å². The molecular weight excluding hydrogens is 621 g/mol. The number of urea groups is 1. The Morgan fingerprint density at radius 2 is 1.71 bits per heavy atom. The van der Waals surface area contributed by atoms with Crippen LogP contribution in [0.4, 0.5) is 22.1 Å². The number of rotatable bonds is 8. The molecule has 0 saturated carbocycles. The normalized spacial score (nSPS) is 11.6. The van der Waals surface area contributed by atoms with Gasteiger partial charge in [0.1, 0.15) is 25.5 Å². The number of nitrogens with one attached hydrogen (secondary N) is 2. The SMILES string of the molecule is Cc1ccc(-n2nc([Si](C)(C)C)cc2NC(=O)Nc2ccc(Oc3ccnc(Cc4ccc5onc(N)c5c4)n3)c3ccccc23)cc1. The Labute approximate surface area is 277 Å². The minimum absolute atomic E-state index is 0.345. The van der Waals surface area contributed by atoms with Crippen molar-refractivity contribution in [3.63, 3.8) is 0 Å². The average molecular weight is 655 g/mol. The van der Waals surface area contributed by atoms with Crippen molar-refractivity contribution in [1.29, 1.82) is 0 Å². The van der Waals surface area contributed by atoms with Crippen LogP contribution in [0.25, 0.3) is 27.4 Å². The van der Waals surface area contributed by atoms with Gasteiger partial charge >= 0.3 is 6.03 Å². The quantitative estimate of drug-likeness (QED) is 0.144. The molecule has 12 heteroatoms.